The van der Waals surface area contributed by atoms with Crippen LogP contribution >= 0.6 is 0 Å². The molecule has 1 aromatic carbocycles. The van der Waals surface area contributed by atoms with Gasteiger partial charge in [0.1, 0.15) is 0 Å². The first kappa shape index (κ1) is 14.4. The summed E-state index contributed by atoms with van der Waals surface area (Å²) in [7, 11) is 2.08. The van der Waals surface area contributed by atoms with Crippen LogP contribution < -0.4 is 15.1 Å². The van der Waals surface area contributed by atoms with Gasteiger partial charge in [-0.1, -0.05) is 12.1 Å². The van der Waals surface area contributed by atoms with Crippen molar-refractivity contribution in [1.29, 1.82) is 0 Å². The lowest BCUT2D eigenvalue weighted by molar-refractivity contribution is -0.123. The minimum absolute atomic E-state index is 0.0523. The molecule has 2 heterocycles. The number of benzene rings is 1. The molecule has 1 atom stereocenters. The van der Waals surface area contributed by atoms with Crippen molar-refractivity contribution in [2.75, 3.05) is 56.1 Å². The highest BCUT2D eigenvalue weighted by atomic mass is 16.2. The number of anilines is 2. The maximum atomic E-state index is 12.9. The lowest BCUT2D eigenvalue weighted by Gasteiger charge is -2.39. The molecular weight excluding hydrogens is 264 g/mol. The molecule has 3 rings (SSSR count). The number of amides is 1. The van der Waals surface area contributed by atoms with E-state index in [-0.39, 0.29) is 11.9 Å². The van der Waals surface area contributed by atoms with Gasteiger partial charge in [-0.05, 0) is 19.1 Å². The molecular formula is C16H24N4O. The molecule has 0 spiro atoms. The SMILES string of the molecule is CC(C(=O)N1CCN(C)c2ccccc21)N1CCNCC1. The summed E-state index contributed by atoms with van der Waals surface area (Å²) in [5.41, 5.74) is 2.18. The Bertz CT molecular complexity index is 513. The van der Waals surface area contributed by atoms with Crippen molar-refractivity contribution in [1.82, 2.24) is 10.2 Å². The van der Waals surface area contributed by atoms with E-state index in [0.29, 0.717) is 0 Å². The third kappa shape index (κ3) is 2.76. The van der Waals surface area contributed by atoms with E-state index in [1.807, 2.05) is 30.0 Å². The molecule has 2 aliphatic heterocycles. The van der Waals surface area contributed by atoms with E-state index in [2.05, 4.69) is 28.2 Å². The van der Waals surface area contributed by atoms with Crippen LogP contribution in [0.15, 0.2) is 24.3 Å². The second-order valence-electron chi connectivity index (χ2n) is 5.86. The van der Waals surface area contributed by atoms with E-state index in [4.69, 9.17) is 0 Å². The number of hydrogen-bond donors (Lipinski definition) is 1. The molecule has 21 heavy (non-hydrogen) atoms. The Hall–Kier alpha value is -1.59. The maximum absolute atomic E-state index is 12.9. The van der Waals surface area contributed by atoms with E-state index in [0.717, 1.165) is 50.6 Å². The van der Waals surface area contributed by atoms with Gasteiger partial charge in [-0.3, -0.25) is 9.69 Å². The molecule has 2 aliphatic rings. The summed E-state index contributed by atoms with van der Waals surface area (Å²) in [6, 6.07) is 8.12. The Morgan fingerprint density at radius 3 is 2.48 bits per heavy atom. The quantitative estimate of drug-likeness (QED) is 0.872. The summed E-state index contributed by atoms with van der Waals surface area (Å²) in [6.45, 7) is 7.52. The number of likely N-dealkylation sites (N-methyl/N-ethyl adjacent to an activating group) is 1. The number of para-hydroxylation sites is 2. The lowest BCUT2D eigenvalue weighted by Crippen LogP contribution is -2.55. The van der Waals surface area contributed by atoms with Crippen molar-refractivity contribution in [3.63, 3.8) is 0 Å². The van der Waals surface area contributed by atoms with Crippen LogP contribution in [-0.4, -0.2) is 63.2 Å². The van der Waals surface area contributed by atoms with Gasteiger partial charge in [0.25, 0.3) is 0 Å². The lowest BCUT2D eigenvalue weighted by atomic mass is 10.1. The van der Waals surface area contributed by atoms with Gasteiger partial charge in [-0.2, -0.15) is 0 Å². The van der Waals surface area contributed by atoms with Crippen LogP contribution in [0.2, 0.25) is 0 Å². The van der Waals surface area contributed by atoms with Crippen molar-refractivity contribution in [3.8, 4) is 0 Å². The minimum atomic E-state index is -0.0523. The molecule has 0 radical (unpaired) electrons. The second-order valence-corrected chi connectivity index (χ2v) is 5.86. The Labute approximate surface area is 126 Å². The van der Waals surface area contributed by atoms with Gasteiger partial charge in [0.2, 0.25) is 5.91 Å². The van der Waals surface area contributed by atoms with Gasteiger partial charge in [0.15, 0.2) is 0 Å². The third-order valence-corrected chi connectivity index (χ3v) is 4.57. The van der Waals surface area contributed by atoms with E-state index in [9.17, 15) is 4.79 Å². The number of carbonyl (C=O) groups is 1. The van der Waals surface area contributed by atoms with Crippen LogP contribution in [0.5, 0.6) is 0 Å². The fraction of sp³-hybridized carbons (Fsp3) is 0.562. The maximum Gasteiger partial charge on any atom is 0.244 e. The molecule has 114 valence electrons. The van der Waals surface area contributed by atoms with Gasteiger partial charge in [0, 0.05) is 46.3 Å². The zero-order valence-electron chi connectivity index (χ0n) is 12.9. The molecule has 1 saturated heterocycles. The average molecular weight is 288 g/mol. The minimum Gasteiger partial charge on any atom is -0.371 e. The Morgan fingerprint density at radius 2 is 1.76 bits per heavy atom. The highest BCUT2D eigenvalue weighted by Crippen LogP contribution is 2.32. The second kappa shape index (κ2) is 6.03. The normalized spacial score (nSPS) is 21.0. The van der Waals surface area contributed by atoms with E-state index in [1.54, 1.807) is 0 Å². The molecule has 1 fully saturated rings. The summed E-state index contributed by atoms with van der Waals surface area (Å²) in [6.07, 6.45) is 0. The fourth-order valence-electron chi connectivity index (χ4n) is 3.19. The number of rotatable bonds is 2. The Balaban J connectivity index is 1.80. The van der Waals surface area contributed by atoms with Gasteiger partial charge in [-0.25, -0.2) is 0 Å². The van der Waals surface area contributed by atoms with Crippen LogP contribution in [0.25, 0.3) is 0 Å². The standard InChI is InChI=1S/C16H24N4O/c1-13(19-9-7-17-8-10-19)16(21)20-12-11-18(2)14-5-3-4-6-15(14)20/h3-6,13,17H,7-12H2,1-2H3. The van der Waals surface area contributed by atoms with Gasteiger partial charge >= 0.3 is 0 Å². The van der Waals surface area contributed by atoms with Crippen molar-refractivity contribution >= 4 is 17.3 Å². The van der Waals surface area contributed by atoms with E-state index >= 15 is 0 Å². The van der Waals surface area contributed by atoms with E-state index < -0.39 is 0 Å². The molecule has 0 saturated carbocycles. The monoisotopic (exact) mass is 288 g/mol. The molecule has 1 N–H and O–H groups in total. The predicted molar refractivity (Wildman–Crippen MR) is 86.0 cm³/mol. The molecule has 0 bridgehead atoms. The van der Waals surface area contributed by atoms with Crippen molar-refractivity contribution in [2.45, 2.75) is 13.0 Å². The first-order chi connectivity index (χ1) is 10.2. The zero-order valence-corrected chi connectivity index (χ0v) is 12.9. The van der Waals surface area contributed by atoms with Crippen LogP contribution in [0.4, 0.5) is 11.4 Å². The molecule has 1 unspecified atom stereocenters. The number of fused-ring (bicyclic) bond motifs is 1. The summed E-state index contributed by atoms with van der Waals surface area (Å²) in [5.74, 6) is 0.220. The molecule has 0 aromatic heterocycles. The van der Waals surface area contributed by atoms with E-state index in [1.165, 1.54) is 0 Å². The number of carbonyl (C=O) groups excluding carboxylic acids is 1. The summed E-state index contributed by atoms with van der Waals surface area (Å²) in [4.78, 5) is 19.4. The van der Waals surface area contributed by atoms with Crippen LogP contribution in [0, 0.1) is 0 Å². The van der Waals surface area contributed by atoms with Crippen molar-refractivity contribution < 1.29 is 4.79 Å². The van der Waals surface area contributed by atoms with Gasteiger partial charge in [0.05, 0.1) is 17.4 Å². The Kier molecular flexibility index (Phi) is 4.12. The number of nitrogens with one attached hydrogen (secondary N) is 1. The highest BCUT2D eigenvalue weighted by molar-refractivity contribution is 6.00. The molecule has 5 heteroatoms. The van der Waals surface area contributed by atoms with Crippen molar-refractivity contribution in [3.05, 3.63) is 24.3 Å². The van der Waals surface area contributed by atoms with Gasteiger partial charge < -0.3 is 15.1 Å². The first-order valence-corrected chi connectivity index (χ1v) is 7.75. The Morgan fingerprint density at radius 1 is 1.10 bits per heavy atom. The average Bonchev–Trinajstić information content (AvgIpc) is 2.55. The number of hydrogen-bond acceptors (Lipinski definition) is 4. The predicted octanol–water partition coefficient (Wildman–Crippen LogP) is 0.763. The largest absolute Gasteiger partial charge is 0.371 e. The molecule has 0 aliphatic carbocycles. The summed E-state index contributed by atoms with van der Waals surface area (Å²) in [5, 5.41) is 3.34. The fourth-order valence-corrected chi connectivity index (χ4v) is 3.19. The van der Waals surface area contributed by atoms with Gasteiger partial charge in [-0.15, -0.1) is 0 Å². The van der Waals surface area contributed by atoms with Crippen LogP contribution in [0.3, 0.4) is 0 Å². The topological polar surface area (TPSA) is 38.8 Å². The highest BCUT2D eigenvalue weighted by Gasteiger charge is 2.31. The summed E-state index contributed by atoms with van der Waals surface area (Å²) >= 11 is 0. The summed E-state index contributed by atoms with van der Waals surface area (Å²) < 4.78 is 0. The molecule has 5 nitrogen and oxygen atoms in total. The first-order valence-electron chi connectivity index (χ1n) is 7.75. The number of nitrogens with zero attached hydrogens (tertiary/aromatic N) is 3. The van der Waals surface area contributed by atoms with Crippen molar-refractivity contribution in [2.24, 2.45) is 0 Å². The molecule has 1 amide bonds. The smallest absolute Gasteiger partial charge is 0.244 e. The zero-order chi connectivity index (χ0) is 14.8. The van der Waals surface area contributed by atoms with Crippen LogP contribution in [0.1, 0.15) is 6.92 Å². The third-order valence-electron chi connectivity index (χ3n) is 4.57. The number of piperazine rings is 1. The van der Waals surface area contributed by atoms with Crippen LogP contribution in [-0.2, 0) is 4.79 Å². The molecule has 1 aromatic rings.